The van der Waals surface area contributed by atoms with Crippen molar-refractivity contribution in [3.05, 3.63) is 21.1 Å². The minimum Gasteiger partial charge on any atom is -0.370 e. The van der Waals surface area contributed by atoms with Gasteiger partial charge in [-0.15, -0.1) is 0 Å². The summed E-state index contributed by atoms with van der Waals surface area (Å²) in [7, 11) is 1.78. The molecule has 1 aromatic rings. The standard InChI is InChI=1S/C16H22BrClN2O/c1-21-16(9-5-2-6-10-16)15-19-13(11-7-3-4-8-11)12(17)14(18)20-15/h11H,2-10H2,1H3. The molecule has 2 saturated carbocycles. The van der Waals surface area contributed by atoms with Crippen LogP contribution in [0.4, 0.5) is 0 Å². The molecule has 3 rings (SSSR count). The van der Waals surface area contributed by atoms with Crippen LogP contribution in [-0.4, -0.2) is 17.1 Å². The molecule has 2 aliphatic rings. The molecule has 0 bridgehead atoms. The minimum atomic E-state index is -0.337. The molecule has 21 heavy (non-hydrogen) atoms. The van der Waals surface area contributed by atoms with Crippen LogP contribution in [-0.2, 0) is 10.3 Å². The van der Waals surface area contributed by atoms with Crippen LogP contribution >= 0.6 is 27.5 Å². The second-order valence-electron chi connectivity index (χ2n) is 6.28. The largest absolute Gasteiger partial charge is 0.370 e. The molecule has 2 aliphatic carbocycles. The Morgan fingerprint density at radius 1 is 1.10 bits per heavy atom. The molecule has 1 heterocycles. The lowest BCUT2D eigenvalue weighted by Crippen LogP contribution is -2.34. The third kappa shape index (κ3) is 2.99. The summed E-state index contributed by atoms with van der Waals surface area (Å²) in [6.45, 7) is 0. The maximum atomic E-state index is 6.38. The van der Waals surface area contributed by atoms with Gasteiger partial charge in [-0.3, -0.25) is 0 Å². The molecule has 1 aromatic heterocycles. The first-order chi connectivity index (χ1) is 10.2. The summed E-state index contributed by atoms with van der Waals surface area (Å²) >= 11 is 9.97. The first-order valence-electron chi connectivity index (χ1n) is 7.95. The Morgan fingerprint density at radius 2 is 1.76 bits per heavy atom. The number of rotatable bonds is 3. The van der Waals surface area contributed by atoms with E-state index < -0.39 is 0 Å². The number of halogens is 2. The summed E-state index contributed by atoms with van der Waals surface area (Å²) in [4.78, 5) is 9.47. The van der Waals surface area contributed by atoms with Crippen LogP contribution < -0.4 is 0 Å². The average molecular weight is 374 g/mol. The van der Waals surface area contributed by atoms with Gasteiger partial charge >= 0.3 is 0 Å². The van der Waals surface area contributed by atoms with Gasteiger partial charge < -0.3 is 4.74 Å². The van der Waals surface area contributed by atoms with E-state index in [0.717, 1.165) is 28.8 Å². The third-order valence-corrected chi connectivity index (χ3v) is 6.32. The molecule has 0 spiro atoms. The van der Waals surface area contributed by atoms with E-state index in [0.29, 0.717) is 11.1 Å². The van der Waals surface area contributed by atoms with E-state index >= 15 is 0 Å². The molecule has 116 valence electrons. The monoisotopic (exact) mass is 372 g/mol. The highest BCUT2D eigenvalue weighted by Crippen LogP contribution is 2.43. The van der Waals surface area contributed by atoms with E-state index in [1.165, 1.54) is 44.9 Å². The first-order valence-corrected chi connectivity index (χ1v) is 9.12. The number of methoxy groups -OCH3 is 1. The smallest absolute Gasteiger partial charge is 0.162 e. The fourth-order valence-electron chi connectivity index (χ4n) is 3.75. The van der Waals surface area contributed by atoms with Gasteiger partial charge in [0.15, 0.2) is 5.82 Å². The Balaban J connectivity index is 2.01. The molecule has 2 fully saturated rings. The van der Waals surface area contributed by atoms with Crippen molar-refractivity contribution in [3.8, 4) is 0 Å². The van der Waals surface area contributed by atoms with Crippen molar-refractivity contribution < 1.29 is 4.74 Å². The van der Waals surface area contributed by atoms with E-state index in [4.69, 9.17) is 21.3 Å². The lowest BCUT2D eigenvalue weighted by Gasteiger charge is -2.35. The summed E-state index contributed by atoms with van der Waals surface area (Å²) in [5.74, 6) is 1.30. The van der Waals surface area contributed by atoms with Gasteiger partial charge in [0, 0.05) is 13.0 Å². The van der Waals surface area contributed by atoms with Gasteiger partial charge in [-0.1, -0.05) is 43.7 Å². The SMILES string of the molecule is COC1(c2nc(Cl)c(Br)c(C3CCCC3)n2)CCCCC1. The van der Waals surface area contributed by atoms with Crippen molar-refractivity contribution in [1.82, 2.24) is 9.97 Å². The summed E-state index contributed by atoms with van der Waals surface area (Å²) in [5, 5.41) is 0.531. The van der Waals surface area contributed by atoms with E-state index in [1.807, 2.05) is 0 Å². The minimum absolute atomic E-state index is 0.337. The number of hydrogen-bond acceptors (Lipinski definition) is 3. The normalized spacial score (nSPS) is 22.6. The van der Waals surface area contributed by atoms with E-state index in [9.17, 15) is 0 Å². The molecular formula is C16H22BrClN2O. The Hall–Kier alpha value is -0.190. The second kappa shape index (κ2) is 6.51. The predicted molar refractivity (Wildman–Crippen MR) is 87.7 cm³/mol. The van der Waals surface area contributed by atoms with Crippen LogP contribution in [0.2, 0.25) is 5.15 Å². The average Bonchev–Trinajstić information content (AvgIpc) is 3.04. The summed E-state index contributed by atoms with van der Waals surface area (Å²) in [6, 6.07) is 0. The Morgan fingerprint density at radius 3 is 2.38 bits per heavy atom. The fourth-order valence-corrected chi connectivity index (χ4v) is 4.43. The van der Waals surface area contributed by atoms with Crippen LogP contribution in [0.25, 0.3) is 0 Å². The molecule has 0 N–H and O–H groups in total. The van der Waals surface area contributed by atoms with Crippen LogP contribution in [0.5, 0.6) is 0 Å². The van der Waals surface area contributed by atoms with Crippen LogP contribution in [0.3, 0.4) is 0 Å². The van der Waals surface area contributed by atoms with Gasteiger partial charge in [0.2, 0.25) is 0 Å². The summed E-state index contributed by atoms with van der Waals surface area (Å²) in [5.41, 5.74) is 0.750. The zero-order valence-corrected chi connectivity index (χ0v) is 14.8. The first kappa shape index (κ1) is 15.7. The molecule has 0 saturated heterocycles. The summed E-state index contributed by atoms with van der Waals surface area (Å²) in [6.07, 6.45) is 10.6. The van der Waals surface area contributed by atoms with Crippen molar-refractivity contribution >= 4 is 27.5 Å². The molecule has 3 nitrogen and oxygen atoms in total. The zero-order chi connectivity index (χ0) is 14.9. The Kier molecular flexibility index (Phi) is 4.87. The molecule has 0 aliphatic heterocycles. The van der Waals surface area contributed by atoms with E-state index in [2.05, 4.69) is 20.9 Å². The third-order valence-electron chi connectivity index (χ3n) is 5.04. The van der Waals surface area contributed by atoms with Gasteiger partial charge in [0.1, 0.15) is 10.8 Å². The fraction of sp³-hybridized carbons (Fsp3) is 0.750. The number of aromatic nitrogens is 2. The molecule has 0 aromatic carbocycles. The molecule has 0 amide bonds. The number of hydrogen-bond donors (Lipinski definition) is 0. The van der Waals surface area contributed by atoms with Crippen LogP contribution in [0.15, 0.2) is 4.47 Å². The molecule has 0 atom stereocenters. The van der Waals surface area contributed by atoms with E-state index in [-0.39, 0.29) is 5.60 Å². The number of ether oxygens (including phenoxy) is 1. The van der Waals surface area contributed by atoms with Gasteiger partial charge in [-0.05, 0) is 41.6 Å². The molecule has 5 heteroatoms. The Labute approximate surface area is 140 Å². The van der Waals surface area contributed by atoms with Gasteiger partial charge in [-0.2, -0.15) is 0 Å². The maximum Gasteiger partial charge on any atom is 0.162 e. The van der Waals surface area contributed by atoms with Crippen molar-refractivity contribution in [2.24, 2.45) is 0 Å². The molecular weight excluding hydrogens is 352 g/mol. The number of nitrogens with zero attached hydrogens (tertiary/aromatic N) is 2. The van der Waals surface area contributed by atoms with Crippen molar-refractivity contribution in [2.75, 3.05) is 7.11 Å². The van der Waals surface area contributed by atoms with Crippen molar-refractivity contribution in [1.29, 1.82) is 0 Å². The van der Waals surface area contributed by atoms with Gasteiger partial charge in [0.05, 0.1) is 10.2 Å². The van der Waals surface area contributed by atoms with Crippen LogP contribution in [0.1, 0.15) is 75.2 Å². The topological polar surface area (TPSA) is 35.0 Å². The van der Waals surface area contributed by atoms with Crippen LogP contribution in [0, 0.1) is 0 Å². The van der Waals surface area contributed by atoms with Crippen molar-refractivity contribution in [2.45, 2.75) is 69.3 Å². The highest BCUT2D eigenvalue weighted by atomic mass is 79.9. The maximum absolute atomic E-state index is 6.38. The zero-order valence-electron chi connectivity index (χ0n) is 12.5. The molecule has 0 unspecified atom stereocenters. The lowest BCUT2D eigenvalue weighted by molar-refractivity contribution is -0.0517. The predicted octanol–water partition coefficient (Wildman–Crippen LogP) is 5.36. The Bertz CT molecular complexity index is 511. The van der Waals surface area contributed by atoms with Crippen molar-refractivity contribution in [3.63, 3.8) is 0 Å². The highest BCUT2D eigenvalue weighted by molar-refractivity contribution is 9.10. The quantitative estimate of drug-likeness (QED) is 0.669. The highest BCUT2D eigenvalue weighted by Gasteiger charge is 2.38. The van der Waals surface area contributed by atoms with E-state index in [1.54, 1.807) is 7.11 Å². The second-order valence-corrected chi connectivity index (χ2v) is 7.43. The molecule has 0 radical (unpaired) electrons. The summed E-state index contributed by atoms with van der Waals surface area (Å²) < 4.78 is 6.76. The lowest BCUT2D eigenvalue weighted by atomic mass is 9.83. The van der Waals surface area contributed by atoms with Gasteiger partial charge in [-0.25, -0.2) is 9.97 Å². The van der Waals surface area contributed by atoms with Gasteiger partial charge in [0.25, 0.3) is 0 Å².